The Balaban J connectivity index is 2.14. The molecule has 1 aliphatic rings. The van der Waals surface area contributed by atoms with E-state index in [1.54, 1.807) is 18.2 Å². The Kier molecular flexibility index (Phi) is 4.48. The van der Waals surface area contributed by atoms with E-state index >= 15 is 0 Å². The van der Waals surface area contributed by atoms with Gasteiger partial charge in [0.2, 0.25) is 0 Å². The maximum atomic E-state index is 11.9. The van der Waals surface area contributed by atoms with Gasteiger partial charge in [0.15, 0.2) is 17.3 Å². The van der Waals surface area contributed by atoms with Crippen molar-refractivity contribution in [2.75, 3.05) is 19.1 Å². The third-order valence-electron chi connectivity index (χ3n) is 2.85. The van der Waals surface area contributed by atoms with Crippen LogP contribution < -0.4 is 9.47 Å². The first-order chi connectivity index (χ1) is 8.70. The van der Waals surface area contributed by atoms with Crippen molar-refractivity contribution in [2.24, 2.45) is 5.92 Å². The zero-order chi connectivity index (χ0) is 13.0. The normalized spacial score (nSPS) is 18.2. The molecular weight excluding hydrogens is 252 g/mol. The fourth-order valence-electron chi connectivity index (χ4n) is 1.80. The molecule has 1 unspecified atom stereocenters. The van der Waals surface area contributed by atoms with Crippen LogP contribution in [0.1, 0.15) is 30.1 Å². The largest absolute Gasteiger partial charge is 0.489 e. The predicted octanol–water partition coefficient (Wildman–Crippen LogP) is 3.30. The van der Waals surface area contributed by atoms with E-state index in [1.807, 2.05) is 0 Å². The molecule has 2 rings (SSSR count). The molecule has 3 nitrogen and oxygen atoms in total. The maximum absolute atomic E-state index is 11.9. The van der Waals surface area contributed by atoms with Crippen LogP contribution in [0.15, 0.2) is 18.2 Å². The van der Waals surface area contributed by atoms with Crippen molar-refractivity contribution in [3.8, 4) is 11.5 Å². The topological polar surface area (TPSA) is 35.5 Å². The van der Waals surface area contributed by atoms with Gasteiger partial charge in [-0.05, 0) is 24.6 Å². The number of hydrogen-bond acceptors (Lipinski definition) is 3. The summed E-state index contributed by atoms with van der Waals surface area (Å²) in [7, 11) is 0. The Bertz CT molecular complexity index is 431. The zero-order valence-electron chi connectivity index (χ0n) is 10.4. The molecule has 0 radical (unpaired) electrons. The molecule has 1 heterocycles. The third-order valence-corrected chi connectivity index (χ3v) is 3.12. The second-order valence-electron chi connectivity index (χ2n) is 4.60. The Morgan fingerprint density at radius 2 is 2.06 bits per heavy atom. The number of fused-ring (bicyclic) bond motifs is 1. The molecule has 1 atom stereocenters. The molecule has 1 aliphatic heterocycles. The summed E-state index contributed by atoms with van der Waals surface area (Å²) in [5.41, 5.74) is 0.664. The van der Waals surface area contributed by atoms with Crippen LogP contribution in [0.25, 0.3) is 0 Å². The van der Waals surface area contributed by atoms with Gasteiger partial charge in [-0.25, -0.2) is 0 Å². The second-order valence-corrected chi connectivity index (χ2v) is 4.98. The van der Waals surface area contributed by atoms with E-state index in [4.69, 9.17) is 21.1 Å². The van der Waals surface area contributed by atoms with Crippen LogP contribution in [-0.4, -0.2) is 24.9 Å². The van der Waals surface area contributed by atoms with Gasteiger partial charge in [-0.15, -0.1) is 11.6 Å². The van der Waals surface area contributed by atoms with Crippen molar-refractivity contribution in [2.45, 2.75) is 19.8 Å². The quantitative estimate of drug-likeness (QED) is 0.621. The minimum atomic E-state index is 0.0966. The SMILES string of the molecule is CC1COc2ccc(C(=O)CCCCl)cc2OC1. The molecule has 0 N–H and O–H groups in total. The highest BCUT2D eigenvalue weighted by Crippen LogP contribution is 2.31. The molecule has 1 aromatic rings. The molecule has 0 amide bonds. The Morgan fingerprint density at radius 3 is 2.78 bits per heavy atom. The summed E-state index contributed by atoms with van der Waals surface area (Å²) in [6.45, 7) is 3.33. The monoisotopic (exact) mass is 268 g/mol. The van der Waals surface area contributed by atoms with Crippen LogP contribution in [0.2, 0.25) is 0 Å². The fraction of sp³-hybridized carbons (Fsp3) is 0.500. The molecule has 4 heteroatoms. The summed E-state index contributed by atoms with van der Waals surface area (Å²) in [5, 5.41) is 0. The van der Waals surface area contributed by atoms with Gasteiger partial charge in [-0.3, -0.25) is 4.79 Å². The first kappa shape index (κ1) is 13.2. The number of Topliss-reactive ketones (excluding diaryl/α,β-unsaturated/α-hetero) is 1. The summed E-state index contributed by atoms with van der Waals surface area (Å²) >= 11 is 5.59. The van der Waals surface area contributed by atoms with Crippen molar-refractivity contribution in [1.82, 2.24) is 0 Å². The highest BCUT2D eigenvalue weighted by Gasteiger charge is 2.16. The molecule has 0 saturated carbocycles. The lowest BCUT2D eigenvalue weighted by Crippen LogP contribution is -2.12. The van der Waals surface area contributed by atoms with Crippen molar-refractivity contribution in [3.63, 3.8) is 0 Å². The molecule has 0 aromatic heterocycles. The number of benzene rings is 1. The molecule has 0 fully saturated rings. The number of ether oxygens (including phenoxy) is 2. The minimum Gasteiger partial charge on any atom is -0.489 e. The van der Waals surface area contributed by atoms with E-state index < -0.39 is 0 Å². The number of carbonyl (C=O) groups is 1. The van der Waals surface area contributed by atoms with Gasteiger partial charge in [0.25, 0.3) is 0 Å². The van der Waals surface area contributed by atoms with Crippen molar-refractivity contribution in [1.29, 1.82) is 0 Å². The second kappa shape index (κ2) is 6.10. The van der Waals surface area contributed by atoms with E-state index in [2.05, 4.69) is 6.92 Å². The van der Waals surface area contributed by atoms with Crippen molar-refractivity contribution < 1.29 is 14.3 Å². The molecule has 0 saturated heterocycles. The number of alkyl halides is 1. The molecule has 1 aromatic carbocycles. The fourth-order valence-corrected chi connectivity index (χ4v) is 1.93. The number of rotatable bonds is 4. The molecule has 18 heavy (non-hydrogen) atoms. The van der Waals surface area contributed by atoms with Crippen LogP contribution >= 0.6 is 11.6 Å². The summed E-state index contributed by atoms with van der Waals surface area (Å²) in [4.78, 5) is 11.9. The smallest absolute Gasteiger partial charge is 0.163 e. The van der Waals surface area contributed by atoms with Gasteiger partial charge >= 0.3 is 0 Å². The van der Waals surface area contributed by atoms with Gasteiger partial charge in [0.05, 0.1) is 13.2 Å². The Hall–Kier alpha value is -1.22. The van der Waals surface area contributed by atoms with Gasteiger partial charge in [-0.1, -0.05) is 6.92 Å². The standard InChI is InChI=1S/C14H17ClO3/c1-10-8-17-13-5-4-11(7-14(13)18-9-10)12(16)3-2-6-15/h4-5,7,10H,2-3,6,8-9H2,1H3. The van der Waals surface area contributed by atoms with Crippen LogP contribution in [0.4, 0.5) is 0 Å². The Morgan fingerprint density at radius 1 is 1.33 bits per heavy atom. The lowest BCUT2D eigenvalue weighted by molar-refractivity contribution is 0.0981. The summed E-state index contributed by atoms with van der Waals surface area (Å²) < 4.78 is 11.3. The third kappa shape index (κ3) is 3.16. The zero-order valence-corrected chi connectivity index (χ0v) is 11.2. The molecule has 0 bridgehead atoms. The number of halogens is 1. The van der Waals surface area contributed by atoms with Crippen LogP contribution in [0.5, 0.6) is 11.5 Å². The van der Waals surface area contributed by atoms with E-state index in [9.17, 15) is 4.79 Å². The molecule has 0 aliphatic carbocycles. The van der Waals surface area contributed by atoms with E-state index in [1.165, 1.54) is 0 Å². The average Bonchev–Trinajstić information content (AvgIpc) is 2.58. The predicted molar refractivity (Wildman–Crippen MR) is 70.9 cm³/mol. The van der Waals surface area contributed by atoms with Crippen LogP contribution in [0, 0.1) is 5.92 Å². The molecule has 0 spiro atoms. The lowest BCUT2D eigenvalue weighted by Gasteiger charge is -2.08. The first-order valence-corrected chi connectivity index (χ1v) is 6.73. The van der Waals surface area contributed by atoms with Gasteiger partial charge in [0, 0.05) is 23.8 Å². The van der Waals surface area contributed by atoms with Crippen LogP contribution in [0.3, 0.4) is 0 Å². The van der Waals surface area contributed by atoms with E-state index in [0.717, 1.165) is 0 Å². The number of hydrogen-bond donors (Lipinski definition) is 0. The number of carbonyl (C=O) groups excluding carboxylic acids is 1. The van der Waals surface area contributed by atoms with E-state index in [0.29, 0.717) is 54.9 Å². The highest BCUT2D eigenvalue weighted by molar-refractivity contribution is 6.18. The minimum absolute atomic E-state index is 0.0966. The van der Waals surface area contributed by atoms with Crippen molar-refractivity contribution >= 4 is 17.4 Å². The van der Waals surface area contributed by atoms with Crippen LogP contribution in [-0.2, 0) is 0 Å². The molecular formula is C14H17ClO3. The Labute approximate surface area is 112 Å². The maximum Gasteiger partial charge on any atom is 0.163 e. The van der Waals surface area contributed by atoms with Gasteiger partial charge in [0.1, 0.15) is 0 Å². The summed E-state index contributed by atoms with van der Waals surface area (Å²) in [6, 6.07) is 5.36. The van der Waals surface area contributed by atoms with Crippen molar-refractivity contribution in [3.05, 3.63) is 23.8 Å². The highest BCUT2D eigenvalue weighted by atomic mass is 35.5. The lowest BCUT2D eigenvalue weighted by atomic mass is 10.1. The van der Waals surface area contributed by atoms with E-state index in [-0.39, 0.29) is 5.78 Å². The first-order valence-electron chi connectivity index (χ1n) is 6.19. The number of ketones is 1. The summed E-state index contributed by atoms with van der Waals surface area (Å²) in [5.74, 6) is 2.34. The molecule has 98 valence electrons. The van der Waals surface area contributed by atoms with Gasteiger partial charge in [-0.2, -0.15) is 0 Å². The average molecular weight is 269 g/mol. The summed E-state index contributed by atoms with van der Waals surface area (Å²) in [6.07, 6.45) is 1.17. The van der Waals surface area contributed by atoms with Gasteiger partial charge < -0.3 is 9.47 Å².